The summed E-state index contributed by atoms with van der Waals surface area (Å²) in [4.78, 5) is 69.5. The van der Waals surface area contributed by atoms with Gasteiger partial charge in [-0.2, -0.15) is 52.7 Å². The molecule has 472 valence electrons. The number of methoxy groups -OCH3 is 4. The van der Waals surface area contributed by atoms with E-state index in [1.807, 2.05) is 0 Å². The van der Waals surface area contributed by atoms with Gasteiger partial charge < -0.3 is 42.6 Å². The number of benzene rings is 4. The molecular formula is C59H63F12NO14. The summed E-state index contributed by atoms with van der Waals surface area (Å²) < 4.78 is 225. The van der Waals surface area contributed by atoms with Gasteiger partial charge in [0.1, 0.15) is 18.8 Å². The smallest absolute Gasteiger partial charge is 0.432 e. The molecule has 9 atom stereocenters. The summed E-state index contributed by atoms with van der Waals surface area (Å²) in [6.07, 6.45) is -27.0. The molecule has 4 aromatic rings. The zero-order valence-electron chi connectivity index (χ0n) is 46.8. The molecule has 6 rings (SSSR count). The number of fused-ring (bicyclic) bond motifs is 1. The van der Waals surface area contributed by atoms with Gasteiger partial charge in [0.15, 0.2) is 12.2 Å². The predicted molar refractivity (Wildman–Crippen MR) is 277 cm³/mol. The van der Waals surface area contributed by atoms with E-state index in [0.29, 0.717) is 60.5 Å². The maximum Gasteiger partial charge on any atom is 0.432 e. The van der Waals surface area contributed by atoms with Crippen LogP contribution in [-0.4, -0.2) is 132 Å². The highest BCUT2D eigenvalue weighted by atomic mass is 19.4. The largest absolute Gasteiger partial charge is 0.463 e. The van der Waals surface area contributed by atoms with Gasteiger partial charge in [-0.1, -0.05) is 160 Å². The molecule has 1 amide bonds. The molecule has 0 spiro atoms. The number of unbranched alkanes of at least 4 members (excludes halogenated alkanes) is 6. The molecule has 2 aliphatic heterocycles. The maximum absolute atomic E-state index is 15.2. The lowest BCUT2D eigenvalue weighted by molar-refractivity contribution is -0.285. The first-order valence-corrected chi connectivity index (χ1v) is 27.1. The molecule has 0 N–H and O–H groups in total. The Hall–Kier alpha value is -6.97. The van der Waals surface area contributed by atoms with Gasteiger partial charge in [0.05, 0.1) is 12.6 Å². The number of cyclic esters (lactones) is 1. The lowest BCUT2D eigenvalue weighted by Crippen LogP contribution is -2.56. The Balaban J connectivity index is 1.16. The second kappa shape index (κ2) is 28.2. The van der Waals surface area contributed by atoms with E-state index in [1.54, 1.807) is 0 Å². The van der Waals surface area contributed by atoms with Crippen molar-refractivity contribution in [2.75, 3.05) is 41.7 Å². The van der Waals surface area contributed by atoms with Crippen LogP contribution < -0.4 is 0 Å². The van der Waals surface area contributed by atoms with Gasteiger partial charge in [-0.3, -0.25) is 4.90 Å². The molecule has 2 heterocycles. The highest BCUT2D eigenvalue weighted by Crippen LogP contribution is 2.49. The molecule has 2 fully saturated rings. The minimum absolute atomic E-state index is 0.0931. The van der Waals surface area contributed by atoms with Crippen LogP contribution in [0.3, 0.4) is 0 Å². The van der Waals surface area contributed by atoms with Crippen LogP contribution in [0.1, 0.15) is 92.9 Å². The van der Waals surface area contributed by atoms with Gasteiger partial charge >= 0.3 is 54.7 Å². The summed E-state index contributed by atoms with van der Waals surface area (Å²) in [6, 6.07) is 19.9. The van der Waals surface area contributed by atoms with Crippen molar-refractivity contribution in [3.05, 3.63) is 144 Å². The van der Waals surface area contributed by atoms with Crippen LogP contribution in [0.5, 0.6) is 0 Å². The highest BCUT2D eigenvalue weighted by Gasteiger charge is 2.70. The van der Waals surface area contributed by atoms with Gasteiger partial charge in [0.2, 0.25) is 0 Å². The number of rotatable bonds is 29. The standard InChI is InChI=1S/C59H63F12NO14/c1-78-52(56(60,61)62,38-25-14-10-15-26-38)47(73)82-36-24-34-42(84-48(74)53(79-2,57(63,64)65)39-27-16-11-17-28-39)33-22-8-6-5-7-9-23-35-43-45(85-49(75)54(80-3,58(66,67)68)40-29-18-12-19-30-40)46(44-37-83-51(77)72(43)44)86-50(76)55(81-4,59(69,70)71)41-31-20-13-21-32-41/h10-21,25-32,42-46H,5-9,22-24,33-37H2,1-4H3/t42-,43+,44+,45+,46+,52-,53-,54-,55-/m0/s1. The van der Waals surface area contributed by atoms with Gasteiger partial charge in [0.25, 0.3) is 22.4 Å². The van der Waals surface area contributed by atoms with E-state index in [-0.39, 0.29) is 38.5 Å². The second-order valence-electron chi connectivity index (χ2n) is 20.2. The zero-order chi connectivity index (χ0) is 63.4. The summed E-state index contributed by atoms with van der Waals surface area (Å²) in [6.45, 7) is -1.37. The fourth-order valence-electron chi connectivity index (χ4n) is 10.9. The zero-order valence-corrected chi connectivity index (χ0v) is 46.8. The van der Waals surface area contributed by atoms with Crippen LogP contribution in [0.25, 0.3) is 0 Å². The first kappa shape index (κ1) is 68.1. The van der Waals surface area contributed by atoms with Crippen LogP contribution in [0.2, 0.25) is 0 Å². The van der Waals surface area contributed by atoms with Crippen molar-refractivity contribution >= 4 is 30.0 Å². The molecule has 0 unspecified atom stereocenters. The summed E-state index contributed by atoms with van der Waals surface area (Å²) in [5.41, 5.74) is -17.5. The molecule has 2 saturated heterocycles. The SMILES string of the molecule is CO[C@](C(=O)OCCC[C@H](CCCCCCCCC[C@@H]1[C@@H](OC(=O)[C@@](OC)(c2ccccc2)C(F)(F)F)[C@H](OC(=O)[C@@](OC)(c2ccccc2)C(F)(F)F)[C@H]2COC(=O)N12)OC(=O)[C@@](OC)(c1ccccc1)C(F)(F)F)(c1ccccc1)C(F)(F)F. The molecule has 0 saturated carbocycles. The molecular weight excluding hydrogens is 1170 g/mol. The van der Waals surface area contributed by atoms with Crippen LogP contribution in [0, 0.1) is 0 Å². The Morgan fingerprint density at radius 1 is 0.465 bits per heavy atom. The number of nitrogens with zero attached hydrogens (tertiary/aromatic N) is 1. The molecule has 0 radical (unpaired) electrons. The molecule has 2 aliphatic rings. The lowest BCUT2D eigenvalue weighted by Gasteiger charge is -2.36. The van der Waals surface area contributed by atoms with E-state index in [4.69, 9.17) is 42.6 Å². The predicted octanol–water partition coefficient (Wildman–Crippen LogP) is 12.2. The van der Waals surface area contributed by atoms with Crippen LogP contribution in [-0.2, 0) is 84.2 Å². The molecule has 0 aliphatic carbocycles. The van der Waals surface area contributed by atoms with Gasteiger partial charge in [-0.05, 0) is 32.1 Å². The molecule has 4 aromatic carbocycles. The average molecular weight is 1240 g/mol. The quantitative estimate of drug-likeness (QED) is 0.0218. The third-order valence-corrected chi connectivity index (χ3v) is 15.3. The number of carbonyl (C=O) groups excluding carboxylic acids is 5. The van der Waals surface area contributed by atoms with Gasteiger partial charge in [0, 0.05) is 50.7 Å². The van der Waals surface area contributed by atoms with Crippen molar-refractivity contribution in [3.8, 4) is 0 Å². The number of hydrogen-bond acceptors (Lipinski definition) is 14. The van der Waals surface area contributed by atoms with E-state index in [1.165, 1.54) is 72.8 Å². The second-order valence-corrected chi connectivity index (χ2v) is 20.2. The number of alkyl halides is 12. The fourth-order valence-corrected chi connectivity index (χ4v) is 10.9. The van der Waals surface area contributed by atoms with Crippen LogP contribution >= 0.6 is 0 Å². The van der Waals surface area contributed by atoms with Crippen molar-refractivity contribution in [1.29, 1.82) is 0 Å². The minimum Gasteiger partial charge on any atom is -0.463 e. The fraction of sp³-hybridized carbons (Fsp3) is 0.508. The van der Waals surface area contributed by atoms with Crippen LogP contribution in [0.15, 0.2) is 121 Å². The van der Waals surface area contributed by atoms with Crippen molar-refractivity contribution in [2.45, 2.75) is 148 Å². The Kier molecular flexibility index (Phi) is 22.4. The number of ether oxygens (including phenoxy) is 9. The molecule has 27 heteroatoms. The minimum atomic E-state index is -5.54. The highest BCUT2D eigenvalue weighted by molar-refractivity contribution is 5.85. The third kappa shape index (κ3) is 13.6. The number of halogens is 12. The lowest BCUT2D eigenvalue weighted by atomic mass is 9.91. The molecule has 15 nitrogen and oxygen atoms in total. The first-order valence-electron chi connectivity index (χ1n) is 27.1. The van der Waals surface area contributed by atoms with E-state index in [2.05, 4.69) is 0 Å². The number of amides is 1. The topological polar surface area (TPSA) is 172 Å². The Labute approximate surface area is 486 Å². The Bertz CT molecular complexity index is 2870. The van der Waals surface area contributed by atoms with Crippen molar-refractivity contribution in [1.82, 2.24) is 4.90 Å². The van der Waals surface area contributed by atoms with E-state index < -0.39 is 143 Å². The Morgan fingerprint density at radius 3 is 1.19 bits per heavy atom. The van der Waals surface area contributed by atoms with Crippen molar-refractivity contribution in [2.24, 2.45) is 0 Å². The van der Waals surface area contributed by atoms with Gasteiger partial charge in [-0.15, -0.1) is 0 Å². The monoisotopic (exact) mass is 1240 g/mol. The number of hydrogen-bond donors (Lipinski definition) is 0. The van der Waals surface area contributed by atoms with E-state index in [9.17, 15) is 50.3 Å². The van der Waals surface area contributed by atoms with Crippen LogP contribution in [0.4, 0.5) is 57.5 Å². The number of esters is 4. The summed E-state index contributed by atoms with van der Waals surface area (Å²) in [7, 11) is 2.48. The van der Waals surface area contributed by atoms with Crippen molar-refractivity contribution in [3.63, 3.8) is 0 Å². The average Bonchev–Trinajstić information content (AvgIpc) is 2.15. The first-order chi connectivity index (χ1) is 40.6. The number of carbonyl (C=O) groups is 5. The summed E-state index contributed by atoms with van der Waals surface area (Å²) in [5.74, 6) is -7.88. The van der Waals surface area contributed by atoms with Crippen molar-refractivity contribution < 1.29 is 119 Å². The molecule has 0 bridgehead atoms. The van der Waals surface area contributed by atoms with E-state index >= 15 is 26.3 Å². The maximum atomic E-state index is 15.2. The molecule has 86 heavy (non-hydrogen) atoms. The summed E-state index contributed by atoms with van der Waals surface area (Å²) >= 11 is 0. The Morgan fingerprint density at radius 2 is 0.802 bits per heavy atom. The van der Waals surface area contributed by atoms with E-state index in [0.717, 1.165) is 53.4 Å². The van der Waals surface area contributed by atoms with Gasteiger partial charge in [-0.25, -0.2) is 24.0 Å². The summed E-state index contributed by atoms with van der Waals surface area (Å²) in [5, 5.41) is 0. The normalized spacial score (nSPS) is 20.5. The molecule has 0 aromatic heterocycles. The third-order valence-electron chi connectivity index (χ3n) is 15.3.